The van der Waals surface area contributed by atoms with Crippen LogP contribution < -0.4 is 10.6 Å². The van der Waals surface area contributed by atoms with E-state index in [1.807, 2.05) is 17.5 Å². The molecule has 0 aliphatic heterocycles. The minimum atomic E-state index is -4.53. The Balaban J connectivity index is 0.00000115. The first-order valence-electron chi connectivity index (χ1n) is 10.2. The summed E-state index contributed by atoms with van der Waals surface area (Å²) in [4.78, 5) is 28.1. The van der Waals surface area contributed by atoms with Crippen molar-refractivity contribution >= 4 is 51.0 Å². The molecule has 0 spiro atoms. The third-order valence-corrected chi connectivity index (χ3v) is 6.80. The fourth-order valence-corrected chi connectivity index (χ4v) is 5.36. The summed E-state index contributed by atoms with van der Waals surface area (Å²) >= 11 is 2.67. The van der Waals surface area contributed by atoms with E-state index in [1.165, 1.54) is 39.7 Å². The van der Waals surface area contributed by atoms with Crippen LogP contribution in [0.1, 0.15) is 5.56 Å². The number of thiophene rings is 2. The van der Waals surface area contributed by atoms with Crippen molar-refractivity contribution in [2.45, 2.75) is 6.18 Å². The number of primary amides is 1. The Morgan fingerprint density at radius 3 is 2.44 bits per heavy atom. The average Bonchev–Trinajstić information content (AvgIpc) is 3.46. The Kier molecular flexibility index (Phi) is 8.33. The van der Waals surface area contributed by atoms with E-state index in [4.69, 9.17) is 4.79 Å². The summed E-state index contributed by atoms with van der Waals surface area (Å²) < 4.78 is 40.1. The minimum absolute atomic E-state index is 0.198. The number of nitrogens with zero attached hydrogens (tertiary/aromatic N) is 2. The number of aliphatic hydroxyl groups is 1. The highest BCUT2D eigenvalue weighted by molar-refractivity contribution is 7.22. The number of aromatic nitrogens is 1. The normalized spacial score (nSPS) is 11.0. The molecule has 0 aliphatic carbocycles. The number of aliphatic carboxylic acids is 1. The molecule has 0 fully saturated rings. The van der Waals surface area contributed by atoms with Crippen molar-refractivity contribution in [2.24, 2.45) is 5.73 Å². The van der Waals surface area contributed by atoms with Gasteiger partial charge in [-0.1, -0.05) is 24.8 Å². The maximum Gasteiger partial charge on any atom is 0.416 e. The van der Waals surface area contributed by atoms with E-state index in [1.54, 1.807) is 12.1 Å². The molecule has 0 saturated heterocycles. The molecule has 1 aromatic carbocycles. The van der Waals surface area contributed by atoms with Crippen LogP contribution in [-0.4, -0.2) is 40.7 Å². The first kappa shape index (κ1) is 26.7. The highest BCUT2D eigenvalue weighted by atomic mass is 32.1. The molecule has 36 heavy (non-hydrogen) atoms. The van der Waals surface area contributed by atoms with Gasteiger partial charge in [0.2, 0.25) is 6.41 Å². The summed E-state index contributed by atoms with van der Waals surface area (Å²) in [5, 5.41) is 21.7. The fraction of sp³-hybridized carbons (Fsp3) is 0.125. The summed E-state index contributed by atoms with van der Waals surface area (Å²) in [6, 6.07) is 12.2. The number of hydrogen-bond donors (Lipinski definition) is 3. The van der Waals surface area contributed by atoms with Crippen LogP contribution in [0.4, 0.5) is 18.9 Å². The largest absolute Gasteiger partial charge is 0.511 e. The quantitative estimate of drug-likeness (QED) is 0.204. The van der Waals surface area contributed by atoms with Crippen molar-refractivity contribution < 1.29 is 33.0 Å². The second-order valence-electron chi connectivity index (χ2n) is 7.34. The molecule has 0 aliphatic rings. The lowest BCUT2D eigenvalue weighted by atomic mass is 10.1. The Hall–Kier alpha value is -3.90. The molecular formula is C24H20F3N3O4S2. The van der Waals surface area contributed by atoms with Gasteiger partial charge in [0.05, 0.1) is 33.2 Å². The average molecular weight is 536 g/mol. The van der Waals surface area contributed by atoms with Gasteiger partial charge in [-0.05, 0) is 41.3 Å². The molecule has 0 radical (unpaired) electrons. The topological polar surface area (TPSA) is 117 Å². The van der Waals surface area contributed by atoms with E-state index in [0.717, 1.165) is 17.0 Å². The highest BCUT2D eigenvalue weighted by Crippen LogP contribution is 2.46. The number of benzene rings is 1. The van der Waals surface area contributed by atoms with Gasteiger partial charge in [0.15, 0.2) is 0 Å². The van der Waals surface area contributed by atoms with Gasteiger partial charge in [0.25, 0.3) is 0 Å². The summed E-state index contributed by atoms with van der Waals surface area (Å²) in [7, 11) is 0. The number of carbonyl (C=O) groups excluding carboxylic acids is 1. The third kappa shape index (κ3) is 6.20. The molecule has 7 nitrogen and oxygen atoms in total. The van der Waals surface area contributed by atoms with E-state index in [9.17, 15) is 28.2 Å². The van der Waals surface area contributed by atoms with E-state index in [2.05, 4.69) is 17.3 Å². The summed E-state index contributed by atoms with van der Waals surface area (Å²) in [6.07, 6.45) is -4.28. The van der Waals surface area contributed by atoms with Crippen molar-refractivity contribution in [3.05, 3.63) is 71.8 Å². The lowest BCUT2D eigenvalue weighted by Gasteiger charge is -2.23. The fourth-order valence-electron chi connectivity index (χ4n) is 3.47. The molecule has 0 atom stereocenters. The predicted octanol–water partition coefficient (Wildman–Crippen LogP) is 5.77. The van der Waals surface area contributed by atoms with Gasteiger partial charge >= 0.3 is 12.1 Å². The molecule has 4 rings (SSSR count). The van der Waals surface area contributed by atoms with Crippen LogP contribution in [-0.2, 0) is 15.8 Å². The van der Waals surface area contributed by atoms with Crippen LogP contribution in [0.15, 0.2) is 66.2 Å². The van der Waals surface area contributed by atoms with Gasteiger partial charge in [-0.3, -0.25) is 9.59 Å². The van der Waals surface area contributed by atoms with Gasteiger partial charge in [-0.15, -0.1) is 22.7 Å². The monoisotopic (exact) mass is 535 g/mol. The first-order chi connectivity index (χ1) is 17.0. The Bertz CT molecular complexity index is 1370. The molecule has 3 aromatic heterocycles. The predicted molar refractivity (Wildman–Crippen MR) is 135 cm³/mol. The van der Waals surface area contributed by atoms with Crippen molar-refractivity contribution in [1.82, 2.24) is 4.98 Å². The van der Waals surface area contributed by atoms with Crippen molar-refractivity contribution in [3.63, 3.8) is 0 Å². The van der Waals surface area contributed by atoms with Gasteiger partial charge in [-0.25, -0.2) is 4.98 Å². The number of halogens is 3. The van der Waals surface area contributed by atoms with E-state index in [0.29, 0.717) is 26.5 Å². The summed E-state index contributed by atoms with van der Waals surface area (Å²) in [5.74, 6) is -1.43. The zero-order valence-corrected chi connectivity index (χ0v) is 20.2. The van der Waals surface area contributed by atoms with Gasteiger partial charge < -0.3 is 20.8 Å². The van der Waals surface area contributed by atoms with Crippen LogP contribution in [0, 0.1) is 0 Å². The first-order valence-corrected chi connectivity index (χ1v) is 11.9. The van der Waals surface area contributed by atoms with Gasteiger partial charge in [0.1, 0.15) is 17.1 Å². The lowest BCUT2D eigenvalue weighted by Crippen LogP contribution is -2.31. The maximum atomic E-state index is 13.4. The van der Waals surface area contributed by atoms with Crippen molar-refractivity contribution in [1.29, 1.82) is 0 Å². The summed E-state index contributed by atoms with van der Waals surface area (Å²) in [5.41, 5.74) is 4.72. The number of amides is 1. The van der Waals surface area contributed by atoms with Crippen LogP contribution in [0.3, 0.4) is 0 Å². The van der Waals surface area contributed by atoms with Crippen LogP contribution in [0.2, 0.25) is 0 Å². The maximum absolute atomic E-state index is 13.4. The third-order valence-electron chi connectivity index (χ3n) is 4.77. The number of aliphatic hydroxyl groups excluding tert-OH is 1. The second kappa shape index (κ2) is 11.2. The Morgan fingerprint density at radius 1 is 1.14 bits per heavy atom. The molecule has 4 aromatic rings. The Morgan fingerprint density at radius 2 is 1.86 bits per heavy atom. The molecule has 12 heteroatoms. The van der Waals surface area contributed by atoms with E-state index < -0.39 is 24.3 Å². The van der Waals surface area contributed by atoms with Crippen LogP contribution in [0.5, 0.6) is 0 Å². The molecule has 1 amide bonds. The smallest absolute Gasteiger partial charge is 0.416 e. The molecule has 3 heterocycles. The number of carbonyl (C=O) groups is 2. The molecular weight excluding hydrogens is 515 g/mol. The number of carboxylic acid groups (broad SMARTS) is 1. The molecule has 0 unspecified atom stereocenters. The summed E-state index contributed by atoms with van der Waals surface area (Å²) in [6.45, 7) is 2.77. The second-order valence-corrected chi connectivity index (χ2v) is 9.28. The minimum Gasteiger partial charge on any atom is -0.511 e. The van der Waals surface area contributed by atoms with Crippen LogP contribution >= 0.6 is 22.7 Å². The van der Waals surface area contributed by atoms with Gasteiger partial charge in [0, 0.05) is 5.39 Å². The molecule has 188 valence electrons. The van der Waals surface area contributed by atoms with Crippen LogP contribution in [0.25, 0.3) is 31.2 Å². The number of rotatable bonds is 7. The molecule has 0 saturated carbocycles. The van der Waals surface area contributed by atoms with E-state index >= 15 is 0 Å². The molecule has 0 bridgehead atoms. The van der Waals surface area contributed by atoms with Crippen molar-refractivity contribution in [3.8, 4) is 21.0 Å². The highest BCUT2D eigenvalue weighted by Gasteiger charge is 2.31. The zero-order chi connectivity index (χ0) is 26.5. The standard InChI is InChI=1S/C23H17F3N2O3S2.CH3NO/c1-13(29)11-28(12-19(30)31)20-16-7-8-17(18-6-3-9-32-18)27-22(16)33-21(20)14-4-2-5-15(10-14)23(24,25)26;2-1-3/h2-10,29H,1,11-12H2,(H,30,31);1H,(H2,2,3). The number of nitrogens with two attached hydrogens (primary N) is 1. The lowest BCUT2D eigenvalue weighted by molar-refractivity contribution is -0.137. The van der Waals surface area contributed by atoms with E-state index in [-0.39, 0.29) is 24.3 Å². The number of fused-ring (bicyclic) bond motifs is 1. The number of carboxylic acids is 1. The number of hydrogen-bond acceptors (Lipinski definition) is 7. The SMILES string of the molecule is C=C(O)CN(CC(=O)O)c1c(-c2cccc(C(F)(F)F)c2)sc2nc(-c3cccs3)ccc12.NC=O. The Labute approximate surface area is 211 Å². The molecule has 4 N–H and O–H groups in total. The van der Waals surface area contributed by atoms with Gasteiger partial charge in [-0.2, -0.15) is 13.2 Å². The number of anilines is 1. The number of pyridine rings is 1. The van der Waals surface area contributed by atoms with Crippen molar-refractivity contribution in [2.75, 3.05) is 18.0 Å². The number of alkyl halides is 3. The zero-order valence-electron chi connectivity index (χ0n) is 18.5.